The predicted molar refractivity (Wildman–Crippen MR) is 111 cm³/mol. The third-order valence-electron chi connectivity index (χ3n) is 4.61. The van der Waals surface area contributed by atoms with Crippen LogP contribution in [0.1, 0.15) is 28.4 Å². The van der Waals surface area contributed by atoms with Crippen LogP contribution in [0.25, 0.3) is 0 Å². The molecule has 0 spiro atoms. The molecule has 5 heteroatoms. The number of carbonyl (C=O) groups is 1. The normalized spacial score (nSPS) is 12.8. The monoisotopic (exact) mass is 391 g/mol. The number of alkyl carbamates (subject to hydrolysis) is 1. The maximum atomic E-state index is 11.8. The standard InChI is InChI=1S/C24H25NO4/c26-22(16-25-24(28)29-17-20-9-5-2-6-10-20)23(27)21-13-11-19(12-14-21)15-18-7-3-1-4-8-18/h1-14,22-23,26-27H,15-17H2,(H,25,28). The number of carbonyl (C=O) groups excluding carboxylic acids is 1. The summed E-state index contributed by atoms with van der Waals surface area (Å²) in [6.07, 6.45) is -2.08. The van der Waals surface area contributed by atoms with E-state index in [0.29, 0.717) is 5.56 Å². The number of amides is 1. The maximum Gasteiger partial charge on any atom is 0.407 e. The highest BCUT2D eigenvalue weighted by molar-refractivity contribution is 5.67. The first kappa shape index (κ1) is 20.6. The van der Waals surface area contributed by atoms with E-state index in [4.69, 9.17) is 4.74 Å². The molecule has 0 saturated heterocycles. The molecule has 3 aromatic carbocycles. The lowest BCUT2D eigenvalue weighted by Gasteiger charge is -2.19. The van der Waals surface area contributed by atoms with Crippen molar-refractivity contribution in [2.24, 2.45) is 0 Å². The second kappa shape index (κ2) is 10.4. The molecular weight excluding hydrogens is 366 g/mol. The summed E-state index contributed by atoms with van der Waals surface area (Å²) in [5.74, 6) is 0. The fraction of sp³-hybridized carbons (Fsp3) is 0.208. The maximum absolute atomic E-state index is 11.8. The molecule has 29 heavy (non-hydrogen) atoms. The zero-order valence-electron chi connectivity index (χ0n) is 16.1. The van der Waals surface area contributed by atoms with Crippen molar-refractivity contribution in [2.75, 3.05) is 6.54 Å². The summed E-state index contributed by atoms with van der Waals surface area (Å²) in [6, 6.07) is 26.9. The smallest absolute Gasteiger partial charge is 0.407 e. The Morgan fingerprint density at radius 3 is 1.97 bits per heavy atom. The van der Waals surface area contributed by atoms with Crippen molar-refractivity contribution in [3.63, 3.8) is 0 Å². The van der Waals surface area contributed by atoms with Crippen molar-refractivity contribution >= 4 is 6.09 Å². The number of hydrogen-bond donors (Lipinski definition) is 3. The fourth-order valence-electron chi connectivity index (χ4n) is 2.96. The minimum absolute atomic E-state index is 0.111. The van der Waals surface area contributed by atoms with Crippen LogP contribution in [0.5, 0.6) is 0 Å². The van der Waals surface area contributed by atoms with E-state index in [2.05, 4.69) is 17.4 Å². The van der Waals surface area contributed by atoms with Crippen LogP contribution in [0, 0.1) is 0 Å². The molecule has 0 aliphatic carbocycles. The van der Waals surface area contributed by atoms with Gasteiger partial charge in [0, 0.05) is 6.54 Å². The Balaban J connectivity index is 1.45. The van der Waals surface area contributed by atoms with Gasteiger partial charge in [-0.05, 0) is 28.7 Å². The average Bonchev–Trinajstić information content (AvgIpc) is 2.77. The summed E-state index contributed by atoms with van der Waals surface area (Å²) < 4.78 is 5.09. The lowest BCUT2D eigenvalue weighted by atomic mass is 9.99. The van der Waals surface area contributed by atoms with Crippen LogP contribution >= 0.6 is 0 Å². The molecule has 0 heterocycles. The Bertz CT molecular complexity index is 882. The van der Waals surface area contributed by atoms with Crippen molar-refractivity contribution in [1.82, 2.24) is 5.32 Å². The molecule has 150 valence electrons. The summed E-state index contributed by atoms with van der Waals surface area (Å²) >= 11 is 0. The van der Waals surface area contributed by atoms with Gasteiger partial charge in [-0.2, -0.15) is 0 Å². The van der Waals surface area contributed by atoms with E-state index >= 15 is 0 Å². The predicted octanol–water partition coefficient (Wildman–Crippen LogP) is 3.60. The summed E-state index contributed by atoms with van der Waals surface area (Å²) in [5.41, 5.74) is 3.79. The number of ether oxygens (including phenoxy) is 1. The second-order valence-corrected chi connectivity index (χ2v) is 6.86. The van der Waals surface area contributed by atoms with Gasteiger partial charge < -0.3 is 20.3 Å². The summed E-state index contributed by atoms with van der Waals surface area (Å²) in [5, 5.41) is 23.0. The number of benzene rings is 3. The SMILES string of the molecule is O=C(NCC(O)C(O)c1ccc(Cc2ccccc2)cc1)OCc1ccccc1. The first-order valence-electron chi connectivity index (χ1n) is 9.55. The van der Waals surface area contributed by atoms with Crippen LogP contribution in [-0.2, 0) is 17.8 Å². The highest BCUT2D eigenvalue weighted by Gasteiger charge is 2.19. The fourth-order valence-corrected chi connectivity index (χ4v) is 2.96. The summed E-state index contributed by atoms with van der Waals surface area (Å²) in [6.45, 7) is 0.0365. The van der Waals surface area contributed by atoms with Gasteiger partial charge in [-0.25, -0.2) is 4.79 Å². The second-order valence-electron chi connectivity index (χ2n) is 6.86. The van der Waals surface area contributed by atoms with Crippen molar-refractivity contribution in [2.45, 2.75) is 25.2 Å². The third kappa shape index (κ3) is 6.45. The van der Waals surface area contributed by atoms with Gasteiger partial charge in [0.05, 0.1) is 0 Å². The molecule has 3 rings (SSSR count). The Hall–Kier alpha value is -3.15. The van der Waals surface area contributed by atoms with Gasteiger partial charge in [-0.3, -0.25) is 0 Å². The van der Waals surface area contributed by atoms with Crippen LogP contribution in [0.2, 0.25) is 0 Å². The van der Waals surface area contributed by atoms with Crippen LogP contribution in [0.3, 0.4) is 0 Å². The molecule has 2 atom stereocenters. The van der Waals surface area contributed by atoms with Crippen molar-refractivity contribution < 1.29 is 19.7 Å². The van der Waals surface area contributed by atoms with E-state index < -0.39 is 18.3 Å². The van der Waals surface area contributed by atoms with E-state index in [9.17, 15) is 15.0 Å². The van der Waals surface area contributed by atoms with E-state index in [1.807, 2.05) is 60.7 Å². The van der Waals surface area contributed by atoms with E-state index in [1.165, 1.54) is 5.56 Å². The number of aliphatic hydroxyl groups is 2. The largest absolute Gasteiger partial charge is 0.445 e. The van der Waals surface area contributed by atoms with Crippen LogP contribution in [-0.4, -0.2) is 29.0 Å². The van der Waals surface area contributed by atoms with Crippen LogP contribution < -0.4 is 5.32 Å². The highest BCUT2D eigenvalue weighted by atomic mass is 16.5. The Kier molecular flexibility index (Phi) is 7.39. The number of rotatable bonds is 8. The van der Waals surface area contributed by atoms with Crippen molar-refractivity contribution in [3.05, 3.63) is 107 Å². The van der Waals surface area contributed by atoms with E-state index in [0.717, 1.165) is 17.5 Å². The highest BCUT2D eigenvalue weighted by Crippen LogP contribution is 2.19. The van der Waals surface area contributed by atoms with E-state index in [-0.39, 0.29) is 13.2 Å². The molecule has 2 unspecified atom stereocenters. The zero-order valence-corrected chi connectivity index (χ0v) is 16.1. The molecule has 0 aromatic heterocycles. The average molecular weight is 391 g/mol. The number of aliphatic hydroxyl groups excluding tert-OH is 2. The quantitative estimate of drug-likeness (QED) is 0.548. The molecule has 3 N–H and O–H groups in total. The molecule has 0 saturated carbocycles. The first-order valence-corrected chi connectivity index (χ1v) is 9.55. The van der Waals surface area contributed by atoms with E-state index in [1.54, 1.807) is 12.1 Å². The topological polar surface area (TPSA) is 78.8 Å². The molecule has 0 bridgehead atoms. The molecule has 0 radical (unpaired) electrons. The van der Waals surface area contributed by atoms with Gasteiger partial charge in [-0.1, -0.05) is 84.9 Å². The van der Waals surface area contributed by atoms with Crippen molar-refractivity contribution in [1.29, 1.82) is 0 Å². The minimum Gasteiger partial charge on any atom is -0.445 e. The van der Waals surface area contributed by atoms with Gasteiger partial charge >= 0.3 is 6.09 Å². The molecule has 1 amide bonds. The van der Waals surface area contributed by atoms with Gasteiger partial charge in [0.1, 0.15) is 18.8 Å². The van der Waals surface area contributed by atoms with Crippen LogP contribution in [0.15, 0.2) is 84.9 Å². The van der Waals surface area contributed by atoms with Crippen LogP contribution in [0.4, 0.5) is 4.79 Å². The summed E-state index contributed by atoms with van der Waals surface area (Å²) in [4.78, 5) is 11.8. The number of nitrogens with one attached hydrogen (secondary N) is 1. The molecule has 0 fully saturated rings. The molecule has 0 aliphatic heterocycles. The molecular formula is C24H25NO4. The lowest BCUT2D eigenvalue weighted by molar-refractivity contribution is 0.0184. The summed E-state index contributed by atoms with van der Waals surface area (Å²) in [7, 11) is 0. The third-order valence-corrected chi connectivity index (χ3v) is 4.61. The van der Waals surface area contributed by atoms with Crippen molar-refractivity contribution in [3.8, 4) is 0 Å². The Morgan fingerprint density at radius 1 is 0.793 bits per heavy atom. The minimum atomic E-state index is -1.14. The van der Waals surface area contributed by atoms with Gasteiger partial charge in [0.2, 0.25) is 0 Å². The number of hydrogen-bond acceptors (Lipinski definition) is 4. The lowest BCUT2D eigenvalue weighted by Crippen LogP contribution is -2.35. The van der Waals surface area contributed by atoms with Gasteiger partial charge in [0.15, 0.2) is 0 Å². The zero-order chi connectivity index (χ0) is 20.5. The van der Waals surface area contributed by atoms with Gasteiger partial charge in [-0.15, -0.1) is 0 Å². The Labute approximate surface area is 170 Å². The Morgan fingerprint density at radius 2 is 1.34 bits per heavy atom. The molecule has 3 aromatic rings. The molecule has 0 aliphatic rings. The van der Waals surface area contributed by atoms with Gasteiger partial charge in [0.25, 0.3) is 0 Å². The first-order chi connectivity index (χ1) is 14.1. The molecule has 5 nitrogen and oxygen atoms in total.